The zero-order valence-corrected chi connectivity index (χ0v) is 21.9. The lowest BCUT2D eigenvalue weighted by Gasteiger charge is -2.26. The number of hydrogen-bond donors (Lipinski definition) is 1. The Morgan fingerprint density at radius 2 is 1.56 bits per heavy atom. The fourth-order valence-electron chi connectivity index (χ4n) is 3.61. The number of methoxy groups -OCH3 is 3. The minimum absolute atomic E-state index is 0.0842. The molecule has 0 aliphatic carbocycles. The summed E-state index contributed by atoms with van der Waals surface area (Å²) in [4.78, 5) is 12.8. The Morgan fingerprint density at radius 1 is 0.889 bits per heavy atom. The summed E-state index contributed by atoms with van der Waals surface area (Å²) >= 11 is 6.18. The third-order valence-electron chi connectivity index (χ3n) is 5.45. The molecule has 0 bridgehead atoms. The van der Waals surface area contributed by atoms with E-state index < -0.39 is 22.5 Å². The number of carbonyl (C=O) groups excluding carboxylic acids is 1. The number of sulfonamides is 1. The van der Waals surface area contributed by atoms with Crippen LogP contribution in [-0.4, -0.2) is 48.7 Å². The van der Waals surface area contributed by atoms with Crippen LogP contribution >= 0.6 is 11.6 Å². The van der Waals surface area contributed by atoms with Crippen LogP contribution in [0.4, 0.5) is 5.69 Å². The molecule has 0 aromatic heterocycles. The molecule has 0 saturated carbocycles. The van der Waals surface area contributed by atoms with Gasteiger partial charge < -0.3 is 19.5 Å². The van der Waals surface area contributed by atoms with Gasteiger partial charge in [-0.05, 0) is 48.7 Å². The molecule has 0 unspecified atom stereocenters. The molecule has 10 heteroatoms. The molecule has 0 heterocycles. The summed E-state index contributed by atoms with van der Waals surface area (Å²) in [7, 11) is 0.0502. The smallest absolute Gasteiger partial charge is 0.265 e. The van der Waals surface area contributed by atoms with Gasteiger partial charge in [-0.25, -0.2) is 8.42 Å². The molecule has 0 aliphatic rings. The van der Waals surface area contributed by atoms with Crippen molar-refractivity contribution in [2.45, 2.75) is 17.7 Å². The summed E-state index contributed by atoms with van der Waals surface area (Å²) in [6, 6.07) is 18.7. The average molecular weight is 533 g/mol. The summed E-state index contributed by atoms with van der Waals surface area (Å²) in [6.45, 7) is -0.0800. The lowest BCUT2D eigenvalue weighted by Crippen LogP contribution is -2.41. The minimum Gasteiger partial charge on any atom is -0.495 e. The van der Waals surface area contributed by atoms with E-state index in [1.807, 2.05) is 30.3 Å². The molecule has 0 aliphatic heterocycles. The third kappa shape index (κ3) is 6.61. The van der Waals surface area contributed by atoms with Gasteiger partial charge in [0, 0.05) is 17.6 Å². The molecule has 0 atom stereocenters. The monoisotopic (exact) mass is 532 g/mol. The summed E-state index contributed by atoms with van der Waals surface area (Å²) in [5, 5.41) is 3.10. The number of hydrogen-bond acceptors (Lipinski definition) is 6. The van der Waals surface area contributed by atoms with Crippen LogP contribution in [0, 0.1) is 0 Å². The fraction of sp³-hybridized carbons (Fsp3) is 0.269. The maximum absolute atomic E-state index is 13.8. The molecular weight excluding hydrogens is 504 g/mol. The number of nitrogens with zero attached hydrogens (tertiary/aromatic N) is 1. The molecule has 0 saturated heterocycles. The standard InChI is InChI=1S/C26H29ClN2O6S/c1-33-23-13-11-20(27)16-22(23)29(18-26(30)28-15-7-10-19-8-5-4-6-9-19)36(31,32)21-12-14-24(34-2)25(17-21)35-3/h4-6,8-9,11-14,16-17H,7,10,15,18H2,1-3H3,(H,28,30). The van der Waals surface area contributed by atoms with E-state index in [0.29, 0.717) is 23.7 Å². The van der Waals surface area contributed by atoms with Crippen molar-refractivity contribution in [3.05, 3.63) is 77.3 Å². The first-order valence-corrected chi connectivity index (χ1v) is 13.0. The molecule has 3 aromatic carbocycles. The highest BCUT2D eigenvalue weighted by Gasteiger charge is 2.30. The quantitative estimate of drug-likeness (QED) is 0.349. The predicted octanol–water partition coefficient (Wildman–Crippen LogP) is 4.31. The van der Waals surface area contributed by atoms with Gasteiger partial charge in [0.25, 0.3) is 10.0 Å². The first kappa shape index (κ1) is 27.2. The molecule has 192 valence electrons. The number of carbonyl (C=O) groups is 1. The van der Waals surface area contributed by atoms with Crippen LogP contribution in [-0.2, 0) is 21.2 Å². The number of aryl methyl sites for hydroxylation is 1. The van der Waals surface area contributed by atoms with E-state index in [1.165, 1.54) is 45.6 Å². The average Bonchev–Trinajstić information content (AvgIpc) is 2.89. The topological polar surface area (TPSA) is 94.2 Å². The van der Waals surface area contributed by atoms with Gasteiger partial charge in [0.05, 0.1) is 31.9 Å². The van der Waals surface area contributed by atoms with E-state index in [9.17, 15) is 13.2 Å². The summed E-state index contributed by atoms with van der Waals surface area (Å²) in [6.07, 6.45) is 1.50. The molecule has 1 N–H and O–H groups in total. The summed E-state index contributed by atoms with van der Waals surface area (Å²) in [5.74, 6) is 0.399. The Hall–Kier alpha value is -3.43. The van der Waals surface area contributed by atoms with E-state index in [2.05, 4.69) is 5.32 Å². The van der Waals surface area contributed by atoms with Crippen LogP contribution in [0.25, 0.3) is 0 Å². The zero-order valence-electron chi connectivity index (χ0n) is 20.4. The number of rotatable bonds is 12. The number of nitrogens with one attached hydrogen (secondary N) is 1. The lowest BCUT2D eigenvalue weighted by atomic mass is 10.1. The highest BCUT2D eigenvalue weighted by molar-refractivity contribution is 7.92. The van der Waals surface area contributed by atoms with Crippen molar-refractivity contribution in [3.63, 3.8) is 0 Å². The van der Waals surface area contributed by atoms with E-state index >= 15 is 0 Å². The number of amides is 1. The third-order valence-corrected chi connectivity index (χ3v) is 7.44. The van der Waals surface area contributed by atoms with Crippen LogP contribution in [0.15, 0.2) is 71.6 Å². The number of benzene rings is 3. The van der Waals surface area contributed by atoms with Crippen molar-refractivity contribution < 1.29 is 27.4 Å². The molecule has 0 spiro atoms. The molecule has 8 nitrogen and oxygen atoms in total. The Morgan fingerprint density at radius 3 is 2.22 bits per heavy atom. The van der Waals surface area contributed by atoms with E-state index in [1.54, 1.807) is 12.1 Å². The Labute approximate surface area is 216 Å². The Kier molecular flexibility index (Phi) is 9.44. The molecular formula is C26H29ClN2O6S. The fourth-order valence-corrected chi connectivity index (χ4v) is 5.22. The van der Waals surface area contributed by atoms with Crippen molar-refractivity contribution in [3.8, 4) is 17.2 Å². The first-order chi connectivity index (χ1) is 17.3. The van der Waals surface area contributed by atoms with Gasteiger partial charge in [-0.3, -0.25) is 9.10 Å². The van der Waals surface area contributed by atoms with Crippen LogP contribution in [0.2, 0.25) is 5.02 Å². The van der Waals surface area contributed by atoms with Crippen molar-refractivity contribution in [2.24, 2.45) is 0 Å². The van der Waals surface area contributed by atoms with Crippen molar-refractivity contribution in [1.29, 1.82) is 0 Å². The van der Waals surface area contributed by atoms with Gasteiger partial charge >= 0.3 is 0 Å². The second-order valence-electron chi connectivity index (χ2n) is 7.78. The largest absolute Gasteiger partial charge is 0.495 e. The predicted molar refractivity (Wildman–Crippen MR) is 140 cm³/mol. The Bertz CT molecular complexity index is 1280. The first-order valence-electron chi connectivity index (χ1n) is 11.2. The van der Waals surface area contributed by atoms with Crippen LogP contribution in [0.5, 0.6) is 17.2 Å². The van der Waals surface area contributed by atoms with Crippen molar-refractivity contribution >= 4 is 33.2 Å². The Balaban J connectivity index is 1.87. The van der Waals surface area contributed by atoms with Crippen LogP contribution < -0.4 is 23.8 Å². The van der Waals surface area contributed by atoms with Gasteiger partial charge in [-0.15, -0.1) is 0 Å². The van der Waals surface area contributed by atoms with Gasteiger partial charge in [0.2, 0.25) is 5.91 Å². The minimum atomic E-state index is -4.23. The van der Waals surface area contributed by atoms with Crippen LogP contribution in [0.1, 0.15) is 12.0 Å². The number of anilines is 1. The molecule has 36 heavy (non-hydrogen) atoms. The maximum atomic E-state index is 13.8. The summed E-state index contributed by atoms with van der Waals surface area (Å²) < 4.78 is 44.4. The van der Waals surface area contributed by atoms with E-state index in [0.717, 1.165) is 16.3 Å². The SMILES string of the molecule is COc1ccc(S(=O)(=O)N(CC(=O)NCCCc2ccccc2)c2cc(Cl)ccc2OC)cc1OC. The molecule has 1 amide bonds. The van der Waals surface area contributed by atoms with Gasteiger partial charge in [-0.1, -0.05) is 41.9 Å². The number of halogens is 1. The van der Waals surface area contributed by atoms with Crippen molar-refractivity contribution in [1.82, 2.24) is 5.32 Å². The van der Waals surface area contributed by atoms with Gasteiger partial charge in [-0.2, -0.15) is 0 Å². The maximum Gasteiger partial charge on any atom is 0.265 e. The molecule has 3 rings (SSSR count). The number of ether oxygens (including phenoxy) is 3. The zero-order chi connectivity index (χ0) is 26.1. The molecule has 3 aromatic rings. The van der Waals surface area contributed by atoms with E-state index in [-0.39, 0.29) is 22.1 Å². The normalized spacial score (nSPS) is 11.0. The van der Waals surface area contributed by atoms with Gasteiger partial charge in [0.15, 0.2) is 11.5 Å². The van der Waals surface area contributed by atoms with Gasteiger partial charge in [0.1, 0.15) is 12.3 Å². The van der Waals surface area contributed by atoms with E-state index in [4.69, 9.17) is 25.8 Å². The highest BCUT2D eigenvalue weighted by Crippen LogP contribution is 2.36. The van der Waals surface area contributed by atoms with Crippen LogP contribution in [0.3, 0.4) is 0 Å². The molecule has 0 fully saturated rings. The van der Waals surface area contributed by atoms with Crippen molar-refractivity contribution in [2.75, 3.05) is 38.7 Å². The second-order valence-corrected chi connectivity index (χ2v) is 10.1. The highest BCUT2D eigenvalue weighted by atomic mass is 35.5. The lowest BCUT2D eigenvalue weighted by molar-refractivity contribution is -0.119. The molecule has 0 radical (unpaired) electrons. The summed E-state index contributed by atoms with van der Waals surface area (Å²) in [5.41, 5.74) is 1.30. The second kappa shape index (κ2) is 12.5.